The molecule has 1 fully saturated rings. The predicted octanol–water partition coefficient (Wildman–Crippen LogP) is 1.32. The number of anilines is 1. The van der Waals surface area contributed by atoms with E-state index in [1.54, 1.807) is 6.33 Å². The van der Waals surface area contributed by atoms with Gasteiger partial charge in [-0.3, -0.25) is 0 Å². The summed E-state index contributed by atoms with van der Waals surface area (Å²) in [5.74, 6) is 1.12. The average molecular weight is 306 g/mol. The maximum absolute atomic E-state index is 11.5. The van der Waals surface area contributed by atoms with Gasteiger partial charge in [0.2, 0.25) is 10.0 Å². The number of hydrogen-bond donors (Lipinski definition) is 1. The smallest absolute Gasteiger partial charge is 0.211 e. The van der Waals surface area contributed by atoms with Gasteiger partial charge in [0, 0.05) is 25.0 Å². The van der Waals surface area contributed by atoms with Crippen LogP contribution in [0, 0.1) is 5.92 Å². The molecule has 1 aromatic heterocycles. The Morgan fingerprint density at radius 1 is 1.33 bits per heavy atom. The fraction of sp³-hybridized carbons (Fsp3) is 0.429. The van der Waals surface area contributed by atoms with Crippen molar-refractivity contribution in [3.8, 4) is 0 Å². The van der Waals surface area contributed by atoms with Gasteiger partial charge in [-0.25, -0.2) is 22.7 Å². The van der Waals surface area contributed by atoms with E-state index in [-0.39, 0.29) is 0 Å². The number of hydrogen-bond acceptors (Lipinski definition) is 5. The summed E-state index contributed by atoms with van der Waals surface area (Å²) in [6.45, 7) is 1.90. The molecule has 0 spiro atoms. The normalized spacial score (nSPS) is 20.0. The van der Waals surface area contributed by atoms with Gasteiger partial charge in [-0.2, -0.15) is 0 Å². The Balaban J connectivity index is 1.68. The molecule has 3 rings (SSSR count). The molecule has 0 saturated carbocycles. The molecular weight excluding hydrogens is 288 g/mol. The summed E-state index contributed by atoms with van der Waals surface area (Å²) in [6, 6.07) is 7.83. The van der Waals surface area contributed by atoms with Gasteiger partial charge in [-0.15, -0.1) is 0 Å². The van der Waals surface area contributed by atoms with Crippen LogP contribution in [0.2, 0.25) is 0 Å². The Morgan fingerprint density at radius 3 is 2.90 bits per heavy atom. The molecule has 112 valence electrons. The quantitative estimate of drug-likeness (QED) is 0.922. The van der Waals surface area contributed by atoms with Gasteiger partial charge < -0.3 is 5.32 Å². The first kappa shape index (κ1) is 14.2. The zero-order chi connectivity index (χ0) is 14.9. The number of benzene rings is 1. The molecule has 1 unspecified atom stereocenters. The van der Waals surface area contributed by atoms with Crippen molar-refractivity contribution in [1.29, 1.82) is 0 Å². The maximum atomic E-state index is 11.5. The summed E-state index contributed by atoms with van der Waals surface area (Å²) in [5.41, 5.74) is 0.902. The van der Waals surface area contributed by atoms with Gasteiger partial charge in [0.05, 0.1) is 11.8 Å². The summed E-state index contributed by atoms with van der Waals surface area (Å²) in [6.07, 6.45) is 3.69. The van der Waals surface area contributed by atoms with Crippen molar-refractivity contribution in [2.45, 2.75) is 6.42 Å². The van der Waals surface area contributed by atoms with Crippen molar-refractivity contribution in [2.75, 3.05) is 31.2 Å². The molecular formula is C14H18N4O2S. The third kappa shape index (κ3) is 3.14. The zero-order valence-electron chi connectivity index (χ0n) is 11.9. The van der Waals surface area contributed by atoms with E-state index in [1.165, 1.54) is 10.6 Å². The van der Waals surface area contributed by atoms with Gasteiger partial charge >= 0.3 is 0 Å². The highest BCUT2D eigenvalue weighted by molar-refractivity contribution is 7.88. The molecule has 0 amide bonds. The second-order valence-corrected chi connectivity index (χ2v) is 7.38. The Morgan fingerprint density at radius 2 is 2.14 bits per heavy atom. The molecule has 1 saturated heterocycles. The third-order valence-electron chi connectivity index (χ3n) is 3.82. The molecule has 0 radical (unpaired) electrons. The predicted molar refractivity (Wildman–Crippen MR) is 82.6 cm³/mol. The van der Waals surface area contributed by atoms with Crippen molar-refractivity contribution in [3.05, 3.63) is 30.6 Å². The maximum Gasteiger partial charge on any atom is 0.211 e. The first-order valence-corrected chi connectivity index (χ1v) is 8.77. The first-order valence-electron chi connectivity index (χ1n) is 6.93. The highest BCUT2D eigenvalue weighted by atomic mass is 32.2. The third-order valence-corrected chi connectivity index (χ3v) is 5.09. The minimum atomic E-state index is -3.07. The molecule has 1 N–H and O–H groups in total. The Labute approximate surface area is 124 Å². The molecule has 1 atom stereocenters. The van der Waals surface area contributed by atoms with Crippen LogP contribution in [-0.2, 0) is 10.0 Å². The largest absolute Gasteiger partial charge is 0.369 e. The van der Waals surface area contributed by atoms with Crippen LogP contribution in [0.25, 0.3) is 10.9 Å². The molecule has 1 aliphatic heterocycles. The second-order valence-electron chi connectivity index (χ2n) is 5.40. The van der Waals surface area contributed by atoms with Gasteiger partial charge in [-0.1, -0.05) is 12.1 Å². The van der Waals surface area contributed by atoms with Crippen LogP contribution in [0.3, 0.4) is 0 Å². The van der Waals surface area contributed by atoms with E-state index in [0.717, 1.165) is 23.1 Å². The van der Waals surface area contributed by atoms with Gasteiger partial charge in [0.1, 0.15) is 12.1 Å². The van der Waals surface area contributed by atoms with E-state index in [1.807, 2.05) is 24.3 Å². The lowest BCUT2D eigenvalue weighted by molar-refractivity contribution is 0.466. The first-order chi connectivity index (χ1) is 10.0. The number of nitrogens with one attached hydrogen (secondary N) is 1. The van der Waals surface area contributed by atoms with Crippen LogP contribution in [-0.4, -0.2) is 48.6 Å². The summed E-state index contributed by atoms with van der Waals surface area (Å²) >= 11 is 0. The zero-order valence-corrected chi connectivity index (χ0v) is 12.7. The summed E-state index contributed by atoms with van der Waals surface area (Å²) in [4.78, 5) is 8.51. The van der Waals surface area contributed by atoms with E-state index in [4.69, 9.17) is 0 Å². The van der Waals surface area contributed by atoms with Crippen LogP contribution in [0.5, 0.6) is 0 Å². The molecule has 2 heterocycles. The van der Waals surface area contributed by atoms with E-state index in [9.17, 15) is 8.42 Å². The van der Waals surface area contributed by atoms with E-state index in [2.05, 4.69) is 15.3 Å². The minimum Gasteiger partial charge on any atom is -0.369 e. The van der Waals surface area contributed by atoms with Gasteiger partial charge in [0.15, 0.2) is 0 Å². The van der Waals surface area contributed by atoms with E-state index >= 15 is 0 Å². The van der Waals surface area contributed by atoms with Gasteiger partial charge in [-0.05, 0) is 24.5 Å². The van der Waals surface area contributed by atoms with Crippen LogP contribution in [0.4, 0.5) is 5.82 Å². The molecule has 7 heteroatoms. The van der Waals surface area contributed by atoms with Crippen molar-refractivity contribution in [1.82, 2.24) is 14.3 Å². The number of aromatic nitrogens is 2. The van der Waals surface area contributed by atoms with E-state index in [0.29, 0.717) is 25.6 Å². The van der Waals surface area contributed by atoms with Crippen LogP contribution in [0.15, 0.2) is 30.6 Å². The van der Waals surface area contributed by atoms with Gasteiger partial charge in [0.25, 0.3) is 0 Å². The minimum absolute atomic E-state index is 0.313. The molecule has 1 aliphatic rings. The summed E-state index contributed by atoms with van der Waals surface area (Å²) < 4.78 is 24.6. The van der Waals surface area contributed by atoms with Crippen LogP contribution < -0.4 is 5.32 Å². The molecule has 6 nitrogen and oxygen atoms in total. The Kier molecular flexibility index (Phi) is 3.77. The standard InChI is InChI=1S/C14H18N4O2S/c1-21(19,20)18-7-6-11(9-18)8-15-14-12-4-2-3-5-13(12)16-10-17-14/h2-5,10-11H,6-9H2,1H3,(H,15,16,17). The van der Waals surface area contributed by atoms with E-state index < -0.39 is 10.0 Å². The number of fused-ring (bicyclic) bond motifs is 1. The lowest BCUT2D eigenvalue weighted by atomic mass is 10.1. The number of sulfonamides is 1. The highest BCUT2D eigenvalue weighted by Crippen LogP contribution is 2.22. The lowest BCUT2D eigenvalue weighted by Crippen LogP contribution is -2.28. The molecule has 0 bridgehead atoms. The Hall–Kier alpha value is -1.73. The van der Waals surface area contributed by atoms with Crippen molar-refractivity contribution in [2.24, 2.45) is 5.92 Å². The fourth-order valence-corrected chi connectivity index (χ4v) is 3.57. The molecule has 1 aromatic carbocycles. The monoisotopic (exact) mass is 306 g/mol. The second kappa shape index (κ2) is 5.57. The molecule has 21 heavy (non-hydrogen) atoms. The number of rotatable bonds is 4. The molecule has 0 aliphatic carbocycles. The highest BCUT2D eigenvalue weighted by Gasteiger charge is 2.28. The van der Waals surface area contributed by atoms with Crippen molar-refractivity contribution >= 4 is 26.7 Å². The number of nitrogens with zero attached hydrogens (tertiary/aromatic N) is 3. The lowest BCUT2D eigenvalue weighted by Gasteiger charge is -2.14. The SMILES string of the molecule is CS(=O)(=O)N1CCC(CNc2ncnc3ccccc23)C1. The fourth-order valence-electron chi connectivity index (χ4n) is 2.65. The Bertz CT molecular complexity index is 742. The van der Waals surface area contributed by atoms with Crippen LogP contribution in [0.1, 0.15) is 6.42 Å². The van der Waals surface area contributed by atoms with Crippen molar-refractivity contribution < 1.29 is 8.42 Å². The van der Waals surface area contributed by atoms with Crippen LogP contribution >= 0.6 is 0 Å². The summed E-state index contributed by atoms with van der Waals surface area (Å²) in [5, 5.41) is 4.31. The van der Waals surface area contributed by atoms with Crippen molar-refractivity contribution in [3.63, 3.8) is 0 Å². The summed E-state index contributed by atoms with van der Waals surface area (Å²) in [7, 11) is -3.07. The number of para-hydroxylation sites is 1. The average Bonchev–Trinajstić information content (AvgIpc) is 2.94. The topological polar surface area (TPSA) is 75.2 Å². The molecule has 2 aromatic rings.